The van der Waals surface area contributed by atoms with Crippen LogP contribution in [0.4, 0.5) is 5.69 Å². The molecule has 33 heavy (non-hydrogen) atoms. The Kier molecular flexibility index (Phi) is 8.16. The first-order valence-electron chi connectivity index (χ1n) is 12.1. The van der Waals surface area contributed by atoms with Gasteiger partial charge in [-0.05, 0) is 70.2 Å². The SMILES string of the molecule is CCC(C)(C)n1cc(C(Nc2ccc(C(=O)NCCC(=O)O)cc2)C2CCCCC2)c(C)n1. The smallest absolute Gasteiger partial charge is 0.305 e. The highest BCUT2D eigenvalue weighted by atomic mass is 16.4. The van der Waals surface area contributed by atoms with Gasteiger partial charge in [-0.15, -0.1) is 0 Å². The predicted molar refractivity (Wildman–Crippen MR) is 131 cm³/mol. The van der Waals surface area contributed by atoms with Crippen LogP contribution in [0, 0.1) is 12.8 Å². The van der Waals surface area contributed by atoms with Crippen molar-refractivity contribution < 1.29 is 14.7 Å². The average Bonchev–Trinajstić information content (AvgIpc) is 3.20. The van der Waals surface area contributed by atoms with Gasteiger partial charge in [-0.2, -0.15) is 5.10 Å². The Balaban J connectivity index is 1.79. The van der Waals surface area contributed by atoms with E-state index in [2.05, 4.69) is 49.2 Å². The summed E-state index contributed by atoms with van der Waals surface area (Å²) in [4.78, 5) is 22.9. The van der Waals surface area contributed by atoms with E-state index in [0.29, 0.717) is 11.5 Å². The van der Waals surface area contributed by atoms with Crippen LogP contribution in [0.5, 0.6) is 0 Å². The highest BCUT2D eigenvalue weighted by molar-refractivity contribution is 5.94. The number of nitrogens with zero attached hydrogens (tertiary/aromatic N) is 2. The van der Waals surface area contributed by atoms with Crippen LogP contribution in [-0.2, 0) is 10.3 Å². The molecule has 1 fully saturated rings. The summed E-state index contributed by atoms with van der Waals surface area (Å²) in [5.74, 6) is -0.645. The van der Waals surface area contributed by atoms with Crippen molar-refractivity contribution in [3.8, 4) is 0 Å². The van der Waals surface area contributed by atoms with Crippen LogP contribution in [-0.4, -0.2) is 33.3 Å². The van der Waals surface area contributed by atoms with Gasteiger partial charge in [0.25, 0.3) is 5.91 Å². The summed E-state index contributed by atoms with van der Waals surface area (Å²) in [6, 6.07) is 7.59. The number of carbonyl (C=O) groups is 2. The first-order valence-corrected chi connectivity index (χ1v) is 12.1. The molecule has 1 heterocycles. The van der Waals surface area contributed by atoms with Crippen molar-refractivity contribution in [2.45, 2.75) is 84.2 Å². The number of aliphatic carboxylic acids is 1. The number of aromatic nitrogens is 2. The van der Waals surface area contributed by atoms with Gasteiger partial charge in [0.15, 0.2) is 0 Å². The molecule has 1 aliphatic carbocycles. The molecule has 1 saturated carbocycles. The summed E-state index contributed by atoms with van der Waals surface area (Å²) in [6.07, 6.45) is 9.34. The van der Waals surface area contributed by atoms with Crippen LogP contribution in [0.3, 0.4) is 0 Å². The van der Waals surface area contributed by atoms with Gasteiger partial charge in [0, 0.05) is 29.6 Å². The fourth-order valence-electron chi connectivity index (χ4n) is 4.45. The molecule has 7 nitrogen and oxygen atoms in total. The van der Waals surface area contributed by atoms with E-state index in [0.717, 1.165) is 17.8 Å². The number of hydrogen-bond acceptors (Lipinski definition) is 4. The summed E-state index contributed by atoms with van der Waals surface area (Å²) >= 11 is 0. The lowest BCUT2D eigenvalue weighted by atomic mass is 9.81. The third kappa shape index (κ3) is 6.36. The van der Waals surface area contributed by atoms with E-state index in [1.54, 1.807) is 12.1 Å². The largest absolute Gasteiger partial charge is 0.481 e. The standard InChI is InChI=1S/C26H38N4O3/c1-5-26(3,4)30-17-22(18(2)29-30)24(19-9-7-6-8-10-19)28-21-13-11-20(12-14-21)25(33)27-16-15-23(31)32/h11-14,17,19,24,28H,5-10,15-16H2,1-4H3,(H,27,33)(H,31,32). The van der Waals surface area contributed by atoms with Crippen LogP contribution < -0.4 is 10.6 Å². The van der Waals surface area contributed by atoms with Crippen LogP contribution in [0.15, 0.2) is 30.5 Å². The van der Waals surface area contributed by atoms with Crippen molar-refractivity contribution in [2.24, 2.45) is 5.92 Å². The highest BCUT2D eigenvalue weighted by Crippen LogP contribution is 2.38. The van der Waals surface area contributed by atoms with Gasteiger partial charge in [0.05, 0.1) is 23.7 Å². The van der Waals surface area contributed by atoms with Crippen LogP contribution in [0.1, 0.15) is 93.4 Å². The lowest BCUT2D eigenvalue weighted by Crippen LogP contribution is -2.26. The maximum atomic E-state index is 12.3. The first-order chi connectivity index (χ1) is 15.7. The Morgan fingerprint density at radius 3 is 2.45 bits per heavy atom. The number of hydrogen-bond donors (Lipinski definition) is 3. The molecule has 1 aliphatic rings. The molecule has 0 bridgehead atoms. The molecule has 0 aliphatic heterocycles. The van der Waals surface area contributed by atoms with Gasteiger partial charge < -0.3 is 15.7 Å². The zero-order valence-corrected chi connectivity index (χ0v) is 20.4. The first kappa shape index (κ1) is 24.8. The molecular weight excluding hydrogens is 416 g/mol. The van der Waals surface area contributed by atoms with E-state index in [-0.39, 0.29) is 30.5 Å². The second kappa shape index (κ2) is 10.9. The van der Waals surface area contributed by atoms with Gasteiger partial charge in [-0.3, -0.25) is 14.3 Å². The fraction of sp³-hybridized carbons (Fsp3) is 0.577. The van der Waals surface area contributed by atoms with E-state index in [1.165, 1.54) is 37.7 Å². The maximum Gasteiger partial charge on any atom is 0.305 e. The minimum atomic E-state index is -0.926. The second-order valence-electron chi connectivity index (χ2n) is 9.78. The Labute approximate surface area is 197 Å². The number of nitrogens with one attached hydrogen (secondary N) is 2. The molecule has 0 saturated heterocycles. The molecule has 3 rings (SSSR count). The second-order valence-corrected chi connectivity index (χ2v) is 9.78. The van der Waals surface area contributed by atoms with E-state index in [1.807, 2.05) is 12.1 Å². The molecule has 2 aromatic rings. The van der Waals surface area contributed by atoms with Crippen molar-refractivity contribution >= 4 is 17.6 Å². The summed E-state index contributed by atoms with van der Waals surface area (Å²) in [7, 11) is 0. The van der Waals surface area contributed by atoms with E-state index in [9.17, 15) is 9.59 Å². The van der Waals surface area contributed by atoms with Crippen molar-refractivity contribution in [3.05, 3.63) is 47.3 Å². The van der Waals surface area contributed by atoms with Crippen LogP contribution in [0.25, 0.3) is 0 Å². The third-order valence-electron chi connectivity index (χ3n) is 6.97. The summed E-state index contributed by atoms with van der Waals surface area (Å²) in [5, 5.41) is 20.0. The third-order valence-corrected chi connectivity index (χ3v) is 6.97. The van der Waals surface area contributed by atoms with Crippen LogP contribution >= 0.6 is 0 Å². The van der Waals surface area contributed by atoms with Gasteiger partial charge in [-0.25, -0.2) is 0 Å². The number of carboxylic acid groups (broad SMARTS) is 1. The summed E-state index contributed by atoms with van der Waals surface area (Å²) in [5.41, 5.74) is 3.77. The van der Waals surface area contributed by atoms with E-state index >= 15 is 0 Å². The van der Waals surface area contributed by atoms with Gasteiger partial charge in [0.2, 0.25) is 0 Å². The number of amides is 1. The normalized spacial score (nSPS) is 15.8. The molecule has 7 heteroatoms. The molecule has 1 atom stereocenters. The molecule has 1 aromatic heterocycles. The Morgan fingerprint density at radius 2 is 1.85 bits per heavy atom. The molecule has 0 radical (unpaired) electrons. The van der Waals surface area contributed by atoms with Crippen molar-refractivity contribution in [2.75, 3.05) is 11.9 Å². The Morgan fingerprint density at radius 1 is 1.18 bits per heavy atom. The zero-order chi connectivity index (χ0) is 24.0. The lowest BCUT2D eigenvalue weighted by molar-refractivity contribution is -0.136. The van der Waals surface area contributed by atoms with Gasteiger partial charge >= 0.3 is 5.97 Å². The van der Waals surface area contributed by atoms with Crippen LogP contribution in [0.2, 0.25) is 0 Å². The fourth-order valence-corrected chi connectivity index (χ4v) is 4.45. The predicted octanol–water partition coefficient (Wildman–Crippen LogP) is 5.27. The number of benzene rings is 1. The van der Waals surface area contributed by atoms with Gasteiger partial charge in [0.1, 0.15) is 0 Å². The average molecular weight is 455 g/mol. The molecule has 3 N–H and O–H groups in total. The van der Waals surface area contributed by atoms with Crippen molar-refractivity contribution in [1.29, 1.82) is 0 Å². The molecule has 1 amide bonds. The quantitative estimate of drug-likeness (QED) is 0.454. The molecule has 0 spiro atoms. The highest BCUT2D eigenvalue weighted by Gasteiger charge is 2.30. The monoisotopic (exact) mass is 454 g/mol. The molecule has 180 valence electrons. The Bertz CT molecular complexity index is 943. The number of aryl methyl sites for hydroxylation is 1. The van der Waals surface area contributed by atoms with Crippen molar-refractivity contribution in [3.63, 3.8) is 0 Å². The summed E-state index contributed by atoms with van der Waals surface area (Å²) < 4.78 is 2.11. The molecular formula is C26H38N4O3. The summed E-state index contributed by atoms with van der Waals surface area (Å²) in [6.45, 7) is 8.83. The lowest BCUT2D eigenvalue weighted by Gasteiger charge is -2.32. The number of anilines is 1. The maximum absolute atomic E-state index is 12.3. The topological polar surface area (TPSA) is 96.2 Å². The van der Waals surface area contributed by atoms with Crippen molar-refractivity contribution in [1.82, 2.24) is 15.1 Å². The number of carboxylic acids is 1. The number of carbonyl (C=O) groups excluding carboxylic acids is 1. The minimum Gasteiger partial charge on any atom is -0.481 e. The molecule has 1 aromatic carbocycles. The van der Waals surface area contributed by atoms with E-state index < -0.39 is 5.97 Å². The molecule has 1 unspecified atom stereocenters. The van der Waals surface area contributed by atoms with Gasteiger partial charge in [-0.1, -0.05) is 26.2 Å². The minimum absolute atomic E-state index is 0.0320. The number of rotatable bonds is 10. The zero-order valence-electron chi connectivity index (χ0n) is 20.4. The van der Waals surface area contributed by atoms with E-state index in [4.69, 9.17) is 10.2 Å². The Hall–Kier alpha value is -2.83.